The van der Waals surface area contributed by atoms with Crippen LogP contribution in [0, 0.1) is 0 Å². The van der Waals surface area contributed by atoms with Gasteiger partial charge in [-0.25, -0.2) is 9.97 Å². The van der Waals surface area contributed by atoms with Gasteiger partial charge in [0.15, 0.2) is 17.3 Å². The highest BCUT2D eigenvalue weighted by molar-refractivity contribution is 5.97. The number of ether oxygens (including phenoxy) is 3. The molecule has 0 radical (unpaired) electrons. The summed E-state index contributed by atoms with van der Waals surface area (Å²) in [6.07, 6.45) is 6.25. The Morgan fingerprint density at radius 2 is 1.79 bits per heavy atom. The molecule has 29 heavy (non-hydrogen) atoms. The molecular weight excluding hydrogens is 368 g/mol. The minimum atomic E-state index is 0.620. The largest absolute Gasteiger partial charge is 0.493 e. The minimum Gasteiger partial charge on any atom is -0.493 e. The average Bonchev–Trinajstić information content (AvgIpc) is 2.78. The van der Waals surface area contributed by atoms with Gasteiger partial charge in [-0.05, 0) is 37.0 Å². The molecule has 2 aliphatic rings. The van der Waals surface area contributed by atoms with Crippen LogP contribution in [0.15, 0.2) is 23.3 Å². The van der Waals surface area contributed by atoms with Gasteiger partial charge in [0.05, 0.1) is 32.7 Å². The van der Waals surface area contributed by atoms with Gasteiger partial charge in [-0.1, -0.05) is 0 Å². The Bertz CT molecular complexity index is 888. The molecule has 2 aromatic rings. The monoisotopic (exact) mass is 396 g/mol. The second-order valence-corrected chi connectivity index (χ2v) is 7.45. The lowest BCUT2D eigenvalue weighted by Gasteiger charge is -2.28. The van der Waals surface area contributed by atoms with Crippen molar-refractivity contribution < 1.29 is 14.2 Å². The highest BCUT2D eigenvalue weighted by Gasteiger charge is 2.21. The van der Waals surface area contributed by atoms with Crippen molar-refractivity contribution in [1.82, 2.24) is 14.9 Å². The predicted octanol–water partition coefficient (Wildman–Crippen LogP) is 3.03. The van der Waals surface area contributed by atoms with Crippen LogP contribution in [0.3, 0.4) is 0 Å². The van der Waals surface area contributed by atoms with Gasteiger partial charge < -0.3 is 14.2 Å². The van der Waals surface area contributed by atoms with Gasteiger partial charge >= 0.3 is 0 Å². The number of nitrogens with zero attached hydrogens (tertiary/aromatic N) is 4. The summed E-state index contributed by atoms with van der Waals surface area (Å²) in [6, 6.07) is 4.02. The number of hydrogen-bond acceptors (Lipinski definition) is 7. The molecule has 0 aliphatic carbocycles. The summed E-state index contributed by atoms with van der Waals surface area (Å²) in [6.45, 7) is 3.48. The van der Waals surface area contributed by atoms with E-state index >= 15 is 0 Å². The number of aromatic nitrogens is 2. The lowest BCUT2D eigenvalue weighted by atomic mass is 10.0. The van der Waals surface area contributed by atoms with E-state index in [4.69, 9.17) is 19.2 Å². The maximum absolute atomic E-state index is 5.48. The molecule has 7 nitrogen and oxygen atoms in total. The van der Waals surface area contributed by atoms with E-state index in [1.54, 1.807) is 21.3 Å². The third kappa shape index (κ3) is 4.19. The van der Waals surface area contributed by atoms with Crippen molar-refractivity contribution in [2.45, 2.75) is 38.8 Å². The lowest BCUT2D eigenvalue weighted by molar-refractivity contribution is 0.241. The van der Waals surface area contributed by atoms with Crippen molar-refractivity contribution in [3.8, 4) is 17.2 Å². The Labute approximate surface area is 171 Å². The molecule has 0 bridgehead atoms. The number of benzene rings is 1. The highest BCUT2D eigenvalue weighted by atomic mass is 16.5. The second kappa shape index (κ2) is 8.78. The maximum Gasteiger partial charge on any atom is 0.203 e. The molecule has 0 fully saturated rings. The number of methoxy groups -OCH3 is 3. The Balaban J connectivity index is 1.50. The van der Waals surface area contributed by atoms with Crippen LogP contribution in [0.1, 0.15) is 41.9 Å². The van der Waals surface area contributed by atoms with Crippen LogP contribution < -0.4 is 14.2 Å². The van der Waals surface area contributed by atoms with Crippen LogP contribution in [-0.2, 0) is 19.5 Å². The SMILES string of the molecule is COc1cc(CN2CCc3nc(C4=NCCCC4)ncc3C2)cc(OC)c1OC. The quantitative estimate of drug-likeness (QED) is 0.748. The van der Waals surface area contributed by atoms with E-state index in [1.807, 2.05) is 18.3 Å². The Hall–Kier alpha value is -2.67. The summed E-state index contributed by atoms with van der Waals surface area (Å²) in [4.78, 5) is 16.4. The lowest BCUT2D eigenvalue weighted by Crippen LogP contribution is -2.31. The number of rotatable bonds is 6. The van der Waals surface area contributed by atoms with Crippen molar-refractivity contribution >= 4 is 5.71 Å². The summed E-state index contributed by atoms with van der Waals surface area (Å²) < 4.78 is 16.4. The molecule has 1 aromatic heterocycles. The highest BCUT2D eigenvalue weighted by Crippen LogP contribution is 2.38. The maximum atomic E-state index is 5.48. The van der Waals surface area contributed by atoms with Gasteiger partial charge in [0.2, 0.25) is 5.75 Å². The van der Waals surface area contributed by atoms with Gasteiger partial charge in [-0.2, -0.15) is 0 Å². The molecule has 0 spiro atoms. The summed E-state index contributed by atoms with van der Waals surface area (Å²) in [7, 11) is 4.91. The number of fused-ring (bicyclic) bond motifs is 1. The standard InChI is InChI=1S/C22H28N4O3/c1-27-19-10-15(11-20(28-2)21(19)29-3)13-26-9-7-17-16(14-26)12-24-22(25-17)18-6-4-5-8-23-18/h10-12H,4-9,13-14H2,1-3H3. The first-order chi connectivity index (χ1) is 14.2. The topological polar surface area (TPSA) is 69.1 Å². The van der Waals surface area contributed by atoms with Crippen LogP contribution in [0.5, 0.6) is 17.2 Å². The molecule has 0 atom stereocenters. The molecular formula is C22H28N4O3. The van der Waals surface area contributed by atoms with E-state index in [-0.39, 0.29) is 0 Å². The Morgan fingerprint density at radius 1 is 1.00 bits per heavy atom. The number of aliphatic imine (C=N–C) groups is 1. The van der Waals surface area contributed by atoms with Crippen LogP contribution in [0.2, 0.25) is 0 Å². The zero-order chi connectivity index (χ0) is 20.2. The van der Waals surface area contributed by atoms with E-state index in [2.05, 4.69) is 14.9 Å². The van der Waals surface area contributed by atoms with Crippen molar-refractivity contribution in [3.63, 3.8) is 0 Å². The summed E-state index contributed by atoms with van der Waals surface area (Å²) in [5, 5.41) is 0. The van der Waals surface area contributed by atoms with Crippen molar-refractivity contribution in [2.75, 3.05) is 34.4 Å². The molecule has 0 amide bonds. The smallest absolute Gasteiger partial charge is 0.203 e. The first-order valence-corrected chi connectivity index (χ1v) is 10.1. The van der Waals surface area contributed by atoms with Crippen molar-refractivity contribution in [2.24, 2.45) is 4.99 Å². The van der Waals surface area contributed by atoms with E-state index in [0.29, 0.717) is 17.2 Å². The van der Waals surface area contributed by atoms with Gasteiger partial charge in [0.25, 0.3) is 0 Å². The summed E-state index contributed by atoms with van der Waals surface area (Å²) in [5.74, 6) is 2.80. The zero-order valence-electron chi connectivity index (χ0n) is 17.4. The fourth-order valence-electron chi connectivity index (χ4n) is 4.01. The normalized spacial score (nSPS) is 16.7. The third-order valence-corrected chi connectivity index (χ3v) is 5.53. The van der Waals surface area contributed by atoms with Crippen LogP contribution >= 0.6 is 0 Å². The van der Waals surface area contributed by atoms with Gasteiger partial charge in [-0.15, -0.1) is 0 Å². The summed E-state index contributed by atoms with van der Waals surface area (Å²) >= 11 is 0. The molecule has 0 unspecified atom stereocenters. The molecule has 3 heterocycles. The third-order valence-electron chi connectivity index (χ3n) is 5.53. The van der Waals surface area contributed by atoms with Gasteiger partial charge in [0.1, 0.15) is 0 Å². The van der Waals surface area contributed by atoms with E-state index in [0.717, 1.165) is 61.8 Å². The molecule has 2 aliphatic heterocycles. The Kier molecular flexibility index (Phi) is 5.94. The molecule has 4 rings (SSSR count). The fourth-order valence-corrected chi connectivity index (χ4v) is 4.01. The van der Waals surface area contributed by atoms with Crippen LogP contribution in [0.25, 0.3) is 0 Å². The average molecular weight is 396 g/mol. The molecule has 0 saturated heterocycles. The minimum absolute atomic E-state index is 0.620. The van der Waals surface area contributed by atoms with Crippen molar-refractivity contribution in [1.29, 1.82) is 0 Å². The molecule has 154 valence electrons. The second-order valence-electron chi connectivity index (χ2n) is 7.45. The van der Waals surface area contributed by atoms with E-state index < -0.39 is 0 Å². The van der Waals surface area contributed by atoms with E-state index in [9.17, 15) is 0 Å². The van der Waals surface area contributed by atoms with Crippen LogP contribution in [0.4, 0.5) is 0 Å². The zero-order valence-corrected chi connectivity index (χ0v) is 17.4. The fraction of sp³-hybridized carbons (Fsp3) is 0.500. The van der Waals surface area contributed by atoms with Gasteiger partial charge in [-0.3, -0.25) is 9.89 Å². The molecule has 1 aromatic carbocycles. The first kappa shape index (κ1) is 19.6. The van der Waals surface area contributed by atoms with Gasteiger partial charge in [0, 0.05) is 44.4 Å². The molecule has 0 N–H and O–H groups in total. The molecule has 7 heteroatoms. The van der Waals surface area contributed by atoms with Crippen LogP contribution in [-0.4, -0.2) is 55.0 Å². The summed E-state index contributed by atoms with van der Waals surface area (Å²) in [5.41, 5.74) is 4.55. The predicted molar refractivity (Wildman–Crippen MR) is 111 cm³/mol. The number of hydrogen-bond donors (Lipinski definition) is 0. The van der Waals surface area contributed by atoms with E-state index in [1.165, 1.54) is 18.4 Å². The van der Waals surface area contributed by atoms with Crippen molar-refractivity contribution in [3.05, 3.63) is 41.0 Å². The Morgan fingerprint density at radius 3 is 2.45 bits per heavy atom. The first-order valence-electron chi connectivity index (χ1n) is 10.1. The molecule has 0 saturated carbocycles.